The first kappa shape index (κ1) is 12.3. The van der Waals surface area contributed by atoms with Gasteiger partial charge in [-0.1, -0.05) is 32.4 Å². The Bertz CT molecular complexity index is 543. The number of hydrogen-bond donors (Lipinski definition) is 1. The molecule has 2 rings (SSSR count). The molecule has 3 nitrogen and oxygen atoms in total. The molecule has 0 aromatic carbocycles. The number of nitrogen functional groups attached to an aromatic ring is 1. The molecule has 0 saturated heterocycles. The van der Waals surface area contributed by atoms with E-state index in [9.17, 15) is 0 Å². The SMILES string of the molecule is CC(C)(C)c1cc(N)nc(-c2cc(Cl)cs2)n1. The molecule has 0 spiro atoms. The van der Waals surface area contributed by atoms with Crippen LogP contribution in [0.2, 0.25) is 5.02 Å². The number of hydrogen-bond acceptors (Lipinski definition) is 4. The number of anilines is 1. The Kier molecular flexibility index (Phi) is 3.10. The number of nitrogens with zero attached hydrogens (tertiary/aromatic N) is 2. The zero-order valence-electron chi connectivity index (χ0n) is 9.99. The summed E-state index contributed by atoms with van der Waals surface area (Å²) in [5, 5.41) is 2.56. The van der Waals surface area contributed by atoms with Crippen molar-refractivity contribution in [2.24, 2.45) is 0 Å². The average molecular weight is 268 g/mol. The molecule has 0 unspecified atom stereocenters. The smallest absolute Gasteiger partial charge is 0.171 e. The Morgan fingerprint density at radius 3 is 2.47 bits per heavy atom. The van der Waals surface area contributed by atoms with Crippen LogP contribution >= 0.6 is 22.9 Å². The third-order valence-electron chi connectivity index (χ3n) is 2.30. The number of nitrogens with two attached hydrogens (primary N) is 1. The predicted molar refractivity (Wildman–Crippen MR) is 73.5 cm³/mol. The van der Waals surface area contributed by atoms with Gasteiger partial charge in [-0.2, -0.15) is 0 Å². The van der Waals surface area contributed by atoms with Crippen molar-refractivity contribution in [3.63, 3.8) is 0 Å². The van der Waals surface area contributed by atoms with E-state index in [1.165, 1.54) is 11.3 Å². The highest BCUT2D eigenvalue weighted by Gasteiger charge is 2.18. The molecular weight excluding hydrogens is 254 g/mol. The molecule has 0 radical (unpaired) electrons. The largest absolute Gasteiger partial charge is 0.384 e. The zero-order chi connectivity index (χ0) is 12.6. The maximum absolute atomic E-state index is 5.90. The molecule has 5 heteroatoms. The van der Waals surface area contributed by atoms with E-state index >= 15 is 0 Å². The molecule has 0 aliphatic rings. The van der Waals surface area contributed by atoms with E-state index in [2.05, 4.69) is 30.7 Å². The lowest BCUT2D eigenvalue weighted by molar-refractivity contribution is 0.568. The van der Waals surface area contributed by atoms with E-state index in [4.69, 9.17) is 17.3 Å². The van der Waals surface area contributed by atoms with Gasteiger partial charge < -0.3 is 5.73 Å². The van der Waals surface area contributed by atoms with Crippen LogP contribution in [0.3, 0.4) is 0 Å². The monoisotopic (exact) mass is 267 g/mol. The second-order valence-corrected chi connectivity index (χ2v) is 6.23. The van der Waals surface area contributed by atoms with E-state index in [-0.39, 0.29) is 5.41 Å². The highest BCUT2D eigenvalue weighted by Crippen LogP contribution is 2.30. The molecule has 0 bridgehead atoms. The lowest BCUT2D eigenvalue weighted by atomic mass is 9.92. The van der Waals surface area contributed by atoms with Crippen LogP contribution in [-0.2, 0) is 5.41 Å². The van der Waals surface area contributed by atoms with E-state index in [0.717, 1.165) is 10.6 Å². The first-order valence-electron chi connectivity index (χ1n) is 5.26. The lowest BCUT2D eigenvalue weighted by Crippen LogP contribution is -2.15. The van der Waals surface area contributed by atoms with Crippen LogP contribution in [0.15, 0.2) is 17.5 Å². The Morgan fingerprint density at radius 1 is 1.24 bits per heavy atom. The number of halogens is 1. The van der Waals surface area contributed by atoms with Gasteiger partial charge >= 0.3 is 0 Å². The lowest BCUT2D eigenvalue weighted by Gasteiger charge is -2.18. The third-order valence-corrected chi connectivity index (χ3v) is 3.58. The van der Waals surface area contributed by atoms with Crippen LogP contribution in [0.4, 0.5) is 5.82 Å². The Morgan fingerprint density at radius 2 is 1.94 bits per heavy atom. The number of rotatable bonds is 1. The first-order chi connectivity index (χ1) is 7.86. The molecule has 2 aromatic rings. The van der Waals surface area contributed by atoms with Gasteiger partial charge in [-0.25, -0.2) is 9.97 Å². The van der Waals surface area contributed by atoms with Crippen LogP contribution in [0.25, 0.3) is 10.7 Å². The zero-order valence-corrected chi connectivity index (χ0v) is 11.6. The molecule has 90 valence electrons. The number of thiophene rings is 1. The maximum atomic E-state index is 5.90. The summed E-state index contributed by atoms with van der Waals surface area (Å²) in [5.74, 6) is 1.14. The van der Waals surface area contributed by atoms with Crippen LogP contribution in [-0.4, -0.2) is 9.97 Å². The highest BCUT2D eigenvalue weighted by atomic mass is 35.5. The van der Waals surface area contributed by atoms with Crippen molar-refractivity contribution in [3.05, 3.63) is 28.2 Å². The van der Waals surface area contributed by atoms with Crippen LogP contribution < -0.4 is 5.73 Å². The fourth-order valence-corrected chi connectivity index (χ4v) is 2.40. The quantitative estimate of drug-likeness (QED) is 0.856. The molecule has 0 saturated carbocycles. The molecule has 2 N–H and O–H groups in total. The van der Waals surface area contributed by atoms with Crippen LogP contribution in [0, 0.1) is 0 Å². The van der Waals surface area contributed by atoms with Gasteiger partial charge in [0.25, 0.3) is 0 Å². The fourth-order valence-electron chi connectivity index (χ4n) is 1.39. The topological polar surface area (TPSA) is 51.8 Å². The molecule has 17 heavy (non-hydrogen) atoms. The van der Waals surface area contributed by atoms with Gasteiger partial charge in [0.05, 0.1) is 15.6 Å². The number of aromatic nitrogens is 2. The summed E-state index contributed by atoms with van der Waals surface area (Å²) in [4.78, 5) is 9.74. The van der Waals surface area contributed by atoms with Crippen molar-refractivity contribution in [2.75, 3.05) is 5.73 Å². The maximum Gasteiger partial charge on any atom is 0.171 e. The van der Waals surface area contributed by atoms with Gasteiger partial charge in [0, 0.05) is 16.9 Å². The van der Waals surface area contributed by atoms with Crippen molar-refractivity contribution in [1.29, 1.82) is 0 Å². The fraction of sp³-hybridized carbons (Fsp3) is 0.333. The minimum absolute atomic E-state index is 0.0487. The molecule has 0 aliphatic heterocycles. The average Bonchev–Trinajstić information content (AvgIpc) is 2.62. The second kappa shape index (κ2) is 4.27. The normalized spacial score (nSPS) is 11.8. The Hall–Kier alpha value is -1.13. The third kappa shape index (κ3) is 2.76. The molecule has 2 heterocycles. The van der Waals surface area contributed by atoms with Crippen LogP contribution in [0.1, 0.15) is 26.5 Å². The van der Waals surface area contributed by atoms with Crippen molar-refractivity contribution < 1.29 is 0 Å². The van der Waals surface area contributed by atoms with Gasteiger partial charge in [-0.3, -0.25) is 0 Å². The summed E-state index contributed by atoms with van der Waals surface area (Å²) in [6.07, 6.45) is 0. The second-order valence-electron chi connectivity index (χ2n) is 4.88. The Balaban J connectivity index is 2.52. The molecule has 2 aromatic heterocycles. The van der Waals surface area contributed by atoms with E-state index in [0.29, 0.717) is 16.7 Å². The van der Waals surface area contributed by atoms with E-state index in [1.54, 1.807) is 0 Å². The van der Waals surface area contributed by atoms with Crippen LogP contribution in [0.5, 0.6) is 0 Å². The van der Waals surface area contributed by atoms with Gasteiger partial charge in [0.15, 0.2) is 5.82 Å². The summed E-state index contributed by atoms with van der Waals surface area (Å²) in [6.45, 7) is 6.29. The molecule has 0 fully saturated rings. The van der Waals surface area contributed by atoms with E-state index < -0.39 is 0 Å². The summed E-state index contributed by atoms with van der Waals surface area (Å²) < 4.78 is 0. The van der Waals surface area contributed by atoms with Crippen molar-refractivity contribution in [2.45, 2.75) is 26.2 Å². The molecule has 0 atom stereocenters. The summed E-state index contributed by atoms with van der Waals surface area (Å²) >= 11 is 7.42. The van der Waals surface area contributed by atoms with Gasteiger partial charge in [-0.15, -0.1) is 11.3 Å². The molecule has 0 amide bonds. The van der Waals surface area contributed by atoms with E-state index in [1.807, 2.05) is 17.5 Å². The summed E-state index contributed by atoms with van der Waals surface area (Å²) in [6, 6.07) is 3.67. The minimum atomic E-state index is -0.0487. The van der Waals surface area contributed by atoms with Gasteiger partial charge in [0.1, 0.15) is 5.82 Å². The standard InChI is InChI=1S/C12H14ClN3S/c1-12(2,3)9-5-10(14)16-11(15-9)8-4-7(13)6-17-8/h4-6H,1-3H3,(H2,14,15,16). The van der Waals surface area contributed by atoms with Gasteiger partial charge in [-0.05, 0) is 6.07 Å². The summed E-state index contributed by atoms with van der Waals surface area (Å²) in [7, 11) is 0. The minimum Gasteiger partial charge on any atom is -0.384 e. The highest BCUT2D eigenvalue weighted by molar-refractivity contribution is 7.14. The molecule has 0 aliphatic carbocycles. The Labute approximate surface area is 110 Å². The first-order valence-corrected chi connectivity index (χ1v) is 6.51. The molecular formula is C12H14ClN3S. The van der Waals surface area contributed by atoms with Gasteiger partial charge in [0.2, 0.25) is 0 Å². The summed E-state index contributed by atoms with van der Waals surface area (Å²) in [5.41, 5.74) is 6.71. The van der Waals surface area contributed by atoms with Crippen molar-refractivity contribution >= 4 is 28.8 Å². The predicted octanol–water partition coefficient (Wildman–Crippen LogP) is 3.74. The van der Waals surface area contributed by atoms with Crippen molar-refractivity contribution in [3.8, 4) is 10.7 Å². The van der Waals surface area contributed by atoms with Crippen molar-refractivity contribution in [1.82, 2.24) is 9.97 Å².